The second-order valence-electron chi connectivity index (χ2n) is 6.29. The third-order valence-electron chi connectivity index (χ3n) is 4.35. The standard InChI is InChI=1S/C20H24N4O3S2/c1-24-18(12-15-5-4-10-28-15)22-23-20(24)29-13-19(25)21-9-8-14-6-7-16(26-2)17(11-14)27-3/h4-7,10-11H,8-9,12-13H2,1-3H3,(H,21,25). The van der Waals surface area contributed by atoms with Gasteiger partial charge in [-0.2, -0.15) is 0 Å². The highest BCUT2D eigenvalue weighted by molar-refractivity contribution is 7.99. The number of hydrogen-bond acceptors (Lipinski definition) is 7. The largest absolute Gasteiger partial charge is 0.493 e. The lowest BCUT2D eigenvalue weighted by Gasteiger charge is -2.10. The summed E-state index contributed by atoms with van der Waals surface area (Å²) in [7, 11) is 5.15. The number of thioether (sulfide) groups is 1. The molecule has 2 aromatic heterocycles. The average Bonchev–Trinajstić information content (AvgIpc) is 3.37. The quantitative estimate of drug-likeness (QED) is 0.497. The third-order valence-corrected chi connectivity index (χ3v) is 6.25. The summed E-state index contributed by atoms with van der Waals surface area (Å²) in [5.74, 6) is 2.55. The van der Waals surface area contributed by atoms with Crippen molar-refractivity contribution >= 4 is 29.0 Å². The minimum atomic E-state index is -0.0294. The van der Waals surface area contributed by atoms with E-state index in [0.29, 0.717) is 30.2 Å². The first-order chi connectivity index (χ1) is 14.1. The summed E-state index contributed by atoms with van der Waals surface area (Å²) in [5.41, 5.74) is 1.07. The molecule has 1 aromatic carbocycles. The van der Waals surface area contributed by atoms with Crippen LogP contribution in [0.1, 0.15) is 16.3 Å². The Balaban J connectivity index is 1.44. The van der Waals surface area contributed by atoms with Crippen LogP contribution in [-0.4, -0.2) is 47.2 Å². The molecule has 7 nitrogen and oxygen atoms in total. The van der Waals surface area contributed by atoms with Crippen molar-refractivity contribution in [2.45, 2.75) is 18.0 Å². The second-order valence-corrected chi connectivity index (χ2v) is 8.27. The number of thiophene rings is 1. The van der Waals surface area contributed by atoms with Gasteiger partial charge in [-0.1, -0.05) is 23.9 Å². The van der Waals surface area contributed by atoms with E-state index in [1.807, 2.05) is 41.3 Å². The number of aromatic nitrogens is 3. The third kappa shape index (κ3) is 5.74. The van der Waals surface area contributed by atoms with E-state index in [2.05, 4.69) is 21.6 Å². The van der Waals surface area contributed by atoms with E-state index in [0.717, 1.165) is 23.0 Å². The molecule has 2 heterocycles. The van der Waals surface area contributed by atoms with Gasteiger partial charge < -0.3 is 19.4 Å². The number of rotatable bonds is 10. The summed E-state index contributed by atoms with van der Waals surface area (Å²) in [6.07, 6.45) is 1.46. The topological polar surface area (TPSA) is 78.3 Å². The monoisotopic (exact) mass is 432 g/mol. The van der Waals surface area contributed by atoms with Crippen molar-refractivity contribution in [3.8, 4) is 11.5 Å². The van der Waals surface area contributed by atoms with Crippen molar-refractivity contribution < 1.29 is 14.3 Å². The van der Waals surface area contributed by atoms with E-state index in [9.17, 15) is 4.79 Å². The minimum Gasteiger partial charge on any atom is -0.493 e. The number of carbonyl (C=O) groups excluding carboxylic acids is 1. The van der Waals surface area contributed by atoms with Crippen LogP contribution >= 0.6 is 23.1 Å². The molecule has 3 aromatic rings. The van der Waals surface area contributed by atoms with Gasteiger partial charge in [0.1, 0.15) is 5.82 Å². The Morgan fingerprint density at radius 2 is 2.03 bits per heavy atom. The zero-order valence-electron chi connectivity index (χ0n) is 16.7. The first kappa shape index (κ1) is 21.2. The summed E-state index contributed by atoms with van der Waals surface area (Å²) >= 11 is 3.09. The number of ether oxygens (including phenoxy) is 2. The molecule has 0 saturated heterocycles. The predicted octanol–water partition coefficient (Wildman–Crippen LogP) is 2.94. The molecular formula is C20H24N4O3S2. The molecule has 0 atom stereocenters. The number of nitrogens with zero attached hydrogens (tertiary/aromatic N) is 3. The van der Waals surface area contributed by atoms with Crippen LogP contribution < -0.4 is 14.8 Å². The van der Waals surface area contributed by atoms with Gasteiger partial charge in [0.15, 0.2) is 16.7 Å². The van der Waals surface area contributed by atoms with Crippen LogP contribution in [0.2, 0.25) is 0 Å². The Bertz CT molecular complexity index is 941. The zero-order chi connectivity index (χ0) is 20.6. The van der Waals surface area contributed by atoms with Crippen molar-refractivity contribution in [1.29, 1.82) is 0 Å². The first-order valence-electron chi connectivity index (χ1n) is 9.11. The molecule has 0 unspecified atom stereocenters. The summed E-state index contributed by atoms with van der Waals surface area (Å²) < 4.78 is 12.5. The van der Waals surface area contributed by atoms with E-state index >= 15 is 0 Å². The highest BCUT2D eigenvalue weighted by Gasteiger charge is 2.12. The molecule has 0 spiro atoms. The molecule has 154 valence electrons. The molecule has 1 amide bonds. The fourth-order valence-electron chi connectivity index (χ4n) is 2.76. The van der Waals surface area contributed by atoms with E-state index in [1.54, 1.807) is 25.6 Å². The van der Waals surface area contributed by atoms with Gasteiger partial charge in [0.25, 0.3) is 0 Å². The Morgan fingerprint density at radius 3 is 2.76 bits per heavy atom. The SMILES string of the molecule is COc1ccc(CCNC(=O)CSc2nnc(Cc3cccs3)n2C)cc1OC. The van der Waals surface area contributed by atoms with E-state index < -0.39 is 0 Å². The zero-order valence-corrected chi connectivity index (χ0v) is 18.3. The molecule has 0 fully saturated rings. The van der Waals surface area contributed by atoms with Crippen LogP contribution in [0.5, 0.6) is 11.5 Å². The van der Waals surface area contributed by atoms with Crippen LogP contribution in [0.4, 0.5) is 0 Å². The van der Waals surface area contributed by atoms with Crippen LogP contribution in [0, 0.1) is 0 Å². The van der Waals surface area contributed by atoms with Gasteiger partial charge in [-0.15, -0.1) is 21.5 Å². The number of carbonyl (C=O) groups is 1. The Labute approximate surface area is 178 Å². The number of nitrogens with one attached hydrogen (secondary N) is 1. The fraction of sp³-hybridized carbons (Fsp3) is 0.350. The number of benzene rings is 1. The molecule has 0 bridgehead atoms. The smallest absolute Gasteiger partial charge is 0.230 e. The van der Waals surface area contributed by atoms with Gasteiger partial charge >= 0.3 is 0 Å². The van der Waals surface area contributed by atoms with Gasteiger partial charge in [-0.25, -0.2) is 0 Å². The molecular weight excluding hydrogens is 408 g/mol. The van der Waals surface area contributed by atoms with Crippen molar-refractivity contribution in [2.24, 2.45) is 7.05 Å². The summed E-state index contributed by atoms with van der Waals surface area (Å²) in [6.45, 7) is 0.553. The van der Waals surface area contributed by atoms with E-state index in [1.165, 1.54) is 16.6 Å². The Morgan fingerprint density at radius 1 is 1.21 bits per heavy atom. The molecule has 0 aliphatic carbocycles. The van der Waals surface area contributed by atoms with Crippen molar-refractivity contribution in [3.63, 3.8) is 0 Å². The van der Waals surface area contributed by atoms with Crippen molar-refractivity contribution in [3.05, 3.63) is 52.0 Å². The average molecular weight is 433 g/mol. The molecule has 29 heavy (non-hydrogen) atoms. The van der Waals surface area contributed by atoms with Crippen LogP contribution in [0.15, 0.2) is 40.9 Å². The van der Waals surface area contributed by atoms with Gasteiger partial charge in [-0.3, -0.25) is 4.79 Å². The molecule has 0 saturated carbocycles. The van der Waals surface area contributed by atoms with E-state index in [4.69, 9.17) is 9.47 Å². The highest BCUT2D eigenvalue weighted by Crippen LogP contribution is 2.27. The molecule has 1 N–H and O–H groups in total. The molecule has 0 radical (unpaired) electrons. The Hall–Kier alpha value is -2.52. The summed E-state index contributed by atoms with van der Waals surface area (Å²) in [5, 5.41) is 14.2. The summed E-state index contributed by atoms with van der Waals surface area (Å²) in [6, 6.07) is 9.87. The van der Waals surface area contributed by atoms with E-state index in [-0.39, 0.29) is 5.91 Å². The number of methoxy groups -OCH3 is 2. The normalized spacial score (nSPS) is 10.7. The maximum Gasteiger partial charge on any atom is 0.230 e. The minimum absolute atomic E-state index is 0.0294. The highest BCUT2D eigenvalue weighted by atomic mass is 32.2. The van der Waals surface area contributed by atoms with Crippen molar-refractivity contribution in [2.75, 3.05) is 26.5 Å². The van der Waals surface area contributed by atoms with Crippen LogP contribution in [-0.2, 0) is 24.7 Å². The maximum absolute atomic E-state index is 12.2. The van der Waals surface area contributed by atoms with Gasteiger partial charge in [0.05, 0.1) is 20.0 Å². The molecule has 0 aliphatic heterocycles. The van der Waals surface area contributed by atoms with Gasteiger partial charge in [0, 0.05) is 24.9 Å². The molecule has 9 heteroatoms. The van der Waals surface area contributed by atoms with Crippen LogP contribution in [0.25, 0.3) is 0 Å². The lowest BCUT2D eigenvalue weighted by Crippen LogP contribution is -2.27. The van der Waals surface area contributed by atoms with Crippen molar-refractivity contribution in [1.82, 2.24) is 20.1 Å². The lowest BCUT2D eigenvalue weighted by molar-refractivity contribution is -0.118. The Kier molecular flexibility index (Phi) is 7.54. The first-order valence-corrected chi connectivity index (χ1v) is 11.0. The molecule has 0 aliphatic rings. The maximum atomic E-state index is 12.2. The lowest BCUT2D eigenvalue weighted by atomic mass is 10.1. The fourth-order valence-corrected chi connectivity index (χ4v) is 4.22. The second kappa shape index (κ2) is 10.3. The summed E-state index contributed by atoms with van der Waals surface area (Å²) in [4.78, 5) is 13.4. The predicted molar refractivity (Wildman–Crippen MR) is 115 cm³/mol. The van der Waals surface area contributed by atoms with Crippen LogP contribution in [0.3, 0.4) is 0 Å². The number of amides is 1. The van der Waals surface area contributed by atoms with Gasteiger partial charge in [-0.05, 0) is 35.6 Å². The molecule has 3 rings (SSSR count). The number of hydrogen-bond donors (Lipinski definition) is 1. The van der Waals surface area contributed by atoms with Gasteiger partial charge in [0.2, 0.25) is 5.91 Å².